The molecule has 0 bridgehead atoms. The molecule has 1 saturated carbocycles. The van der Waals surface area contributed by atoms with E-state index in [1.54, 1.807) is 0 Å². The lowest BCUT2D eigenvalue weighted by Gasteiger charge is -2.13. The Morgan fingerprint density at radius 1 is 1.24 bits per heavy atom. The van der Waals surface area contributed by atoms with Crippen molar-refractivity contribution < 1.29 is 0 Å². The van der Waals surface area contributed by atoms with Gasteiger partial charge in [-0.1, -0.05) is 6.07 Å². The Bertz CT molecular complexity index is 817. The molecule has 0 spiro atoms. The van der Waals surface area contributed by atoms with Gasteiger partial charge in [0.1, 0.15) is 17.3 Å². The molecule has 0 atom stereocenters. The summed E-state index contributed by atoms with van der Waals surface area (Å²) in [6, 6.07) is 6.11. The van der Waals surface area contributed by atoms with Crippen molar-refractivity contribution in [2.75, 3.05) is 12.4 Å². The Kier molecular flexibility index (Phi) is 2.67. The minimum absolute atomic E-state index is 0.526. The number of fused-ring (bicyclic) bond motifs is 1. The summed E-state index contributed by atoms with van der Waals surface area (Å²) in [5, 5.41) is 3.19. The molecular weight excluding hydrogens is 262 g/mol. The number of rotatable bonds is 3. The first-order valence-corrected chi connectivity index (χ1v) is 7.26. The van der Waals surface area contributed by atoms with Gasteiger partial charge in [-0.2, -0.15) is 0 Å². The molecule has 0 amide bonds. The van der Waals surface area contributed by atoms with Gasteiger partial charge in [0.25, 0.3) is 0 Å². The highest BCUT2D eigenvalue weighted by Gasteiger charge is 2.28. The lowest BCUT2D eigenvalue weighted by molar-refractivity contribution is 0.919. The van der Waals surface area contributed by atoms with Crippen molar-refractivity contribution in [3.05, 3.63) is 42.0 Å². The quantitative estimate of drug-likeness (QED) is 0.800. The molecule has 0 saturated heterocycles. The third kappa shape index (κ3) is 1.96. The van der Waals surface area contributed by atoms with Crippen LogP contribution in [-0.2, 0) is 0 Å². The van der Waals surface area contributed by atoms with Crippen molar-refractivity contribution in [1.29, 1.82) is 0 Å². The van der Waals surface area contributed by atoms with Gasteiger partial charge >= 0.3 is 0 Å². The molecule has 21 heavy (non-hydrogen) atoms. The van der Waals surface area contributed by atoms with E-state index in [1.807, 2.05) is 31.6 Å². The first-order valence-electron chi connectivity index (χ1n) is 7.26. The van der Waals surface area contributed by atoms with Crippen molar-refractivity contribution in [2.24, 2.45) is 0 Å². The topological polar surface area (TPSA) is 55.1 Å². The third-order valence-corrected chi connectivity index (χ3v) is 4.01. The predicted octanol–water partition coefficient (Wildman–Crippen LogP) is 3.02. The van der Waals surface area contributed by atoms with E-state index in [4.69, 9.17) is 4.98 Å². The Morgan fingerprint density at radius 3 is 2.86 bits per heavy atom. The summed E-state index contributed by atoms with van der Waals surface area (Å²) >= 11 is 0. The maximum Gasteiger partial charge on any atom is 0.137 e. The van der Waals surface area contributed by atoms with Crippen molar-refractivity contribution in [3.8, 4) is 11.4 Å². The lowest BCUT2D eigenvalue weighted by Crippen LogP contribution is -2.06. The number of hydrogen-bond donors (Lipinski definition) is 1. The molecule has 0 aliphatic heterocycles. The summed E-state index contributed by atoms with van der Waals surface area (Å²) in [5.41, 5.74) is 4.05. The molecule has 106 valence electrons. The zero-order valence-electron chi connectivity index (χ0n) is 12.2. The molecule has 1 aliphatic rings. The van der Waals surface area contributed by atoms with Gasteiger partial charge in [-0.15, -0.1) is 0 Å². The SMILES string of the molecule is CNc1nc(C2CC2)nc(-c2cccc3nccn23)c1C. The van der Waals surface area contributed by atoms with E-state index < -0.39 is 0 Å². The maximum absolute atomic E-state index is 4.84. The summed E-state index contributed by atoms with van der Waals surface area (Å²) < 4.78 is 2.07. The standard InChI is InChI=1S/C16H17N5/c1-10-14(12-4-3-5-13-18-8-9-21(12)13)19-16(11-6-7-11)20-15(10)17-2/h3-5,8-9,11H,6-7H2,1-2H3,(H,17,19,20). The van der Waals surface area contributed by atoms with Crippen LogP contribution in [-0.4, -0.2) is 26.4 Å². The molecule has 5 nitrogen and oxygen atoms in total. The van der Waals surface area contributed by atoms with E-state index in [0.717, 1.165) is 34.2 Å². The van der Waals surface area contributed by atoms with Gasteiger partial charge in [-0.25, -0.2) is 15.0 Å². The fourth-order valence-electron chi connectivity index (χ4n) is 2.69. The van der Waals surface area contributed by atoms with Crippen molar-refractivity contribution in [2.45, 2.75) is 25.7 Å². The zero-order chi connectivity index (χ0) is 14.4. The van der Waals surface area contributed by atoms with Crippen LogP contribution in [0.5, 0.6) is 0 Å². The van der Waals surface area contributed by atoms with Crippen LogP contribution in [0.15, 0.2) is 30.6 Å². The first kappa shape index (κ1) is 12.3. The molecule has 3 aromatic heterocycles. The van der Waals surface area contributed by atoms with E-state index in [2.05, 4.69) is 32.7 Å². The van der Waals surface area contributed by atoms with E-state index in [-0.39, 0.29) is 0 Å². The number of hydrogen-bond acceptors (Lipinski definition) is 4. The fraction of sp³-hybridized carbons (Fsp3) is 0.312. The highest BCUT2D eigenvalue weighted by atomic mass is 15.1. The van der Waals surface area contributed by atoms with E-state index in [0.29, 0.717) is 5.92 Å². The molecule has 4 rings (SSSR count). The highest BCUT2D eigenvalue weighted by Crippen LogP contribution is 2.40. The number of aromatic nitrogens is 4. The summed E-state index contributed by atoms with van der Waals surface area (Å²) in [7, 11) is 1.91. The number of nitrogens with zero attached hydrogens (tertiary/aromatic N) is 4. The molecule has 1 N–H and O–H groups in total. The van der Waals surface area contributed by atoms with Crippen LogP contribution in [0, 0.1) is 6.92 Å². The third-order valence-electron chi connectivity index (χ3n) is 4.01. The molecule has 0 radical (unpaired) electrons. The Labute approximate surface area is 123 Å². The molecule has 3 aromatic rings. The second-order valence-electron chi connectivity index (χ2n) is 5.49. The normalized spacial score (nSPS) is 14.6. The lowest BCUT2D eigenvalue weighted by atomic mass is 10.1. The minimum Gasteiger partial charge on any atom is -0.373 e. The number of imidazole rings is 1. The van der Waals surface area contributed by atoms with Gasteiger partial charge in [0.05, 0.1) is 11.4 Å². The second kappa shape index (κ2) is 4.55. The molecule has 1 aliphatic carbocycles. The van der Waals surface area contributed by atoms with Crippen LogP contribution in [0.3, 0.4) is 0 Å². The van der Waals surface area contributed by atoms with Gasteiger partial charge in [0, 0.05) is 30.9 Å². The maximum atomic E-state index is 4.84. The smallest absolute Gasteiger partial charge is 0.137 e. The van der Waals surface area contributed by atoms with Gasteiger partial charge < -0.3 is 5.32 Å². The Hall–Kier alpha value is -2.43. The Morgan fingerprint density at radius 2 is 2.10 bits per heavy atom. The van der Waals surface area contributed by atoms with Crippen LogP contribution in [0.4, 0.5) is 5.82 Å². The van der Waals surface area contributed by atoms with Crippen LogP contribution in [0.25, 0.3) is 17.0 Å². The van der Waals surface area contributed by atoms with Crippen LogP contribution in [0.1, 0.15) is 30.1 Å². The molecule has 3 heterocycles. The Balaban J connectivity index is 1.98. The minimum atomic E-state index is 0.526. The van der Waals surface area contributed by atoms with E-state index >= 15 is 0 Å². The molecule has 0 unspecified atom stereocenters. The molecule has 1 fully saturated rings. The average Bonchev–Trinajstić information content (AvgIpc) is 3.24. The van der Waals surface area contributed by atoms with Gasteiger partial charge in [-0.3, -0.25) is 4.40 Å². The zero-order valence-corrected chi connectivity index (χ0v) is 12.2. The van der Waals surface area contributed by atoms with Gasteiger partial charge in [-0.05, 0) is 31.9 Å². The fourth-order valence-corrected chi connectivity index (χ4v) is 2.69. The van der Waals surface area contributed by atoms with E-state index in [9.17, 15) is 0 Å². The summed E-state index contributed by atoms with van der Waals surface area (Å²) in [6.07, 6.45) is 6.18. The van der Waals surface area contributed by atoms with Gasteiger partial charge in [0.2, 0.25) is 0 Å². The van der Waals surface area contributed by atoms with Crippen molar-refractivity contribution in [1.82, 2.24) is 19.4 Å². The second-order valence-corrected chi connectivity index (χ2v) is 5.49. The summed E-state index contributed by atoms with van der Waals surface area (Å²) in [4.78, 5) is 13.9. The molecule has 0 aromatic carbocycles. The van der Waals surface area contributed by atoms with Gasteiger partial charge in [0.15, 0.2) is 0 Å². The predicted molar refractivity (Wildman–Crippen MR) is 82.5 cm³/mol. The number of nitrogens with one attached hydrogen (secondary N) is 1. The summed E-state index contributed by atoms with van der Waals surface area (Å²) in [6.45, 7) is 2.06. The van der Waals surface area contributed by atoms with Crippen molar-refractivity contribution >= 4 is 11.5 Å². The largest absolute Gasteiger partial charge is 0.373 e. The number of anilines is 1. The monoisotopic (exact) mass is 279 g/mol. The van der Waals surface area contributed by atoms with Crippen molar-refractivity contribution in [3.63, 3.8) is 0 Å². The van der Waals surface area contributed by atoms with E-state index in [1.165, 1.54) is 12.8 Å². The number of pyridine rings is 1. The highest BCUT2D eigenvalue weighted by molar-refractivity contribution is 5.68. The summed E-state index contributed by atoms with van der Waals surface area (Å²) in [5.74, 6) is 2.40. The molecule has 5 heteroatoms. The van der Waals surface area contributed by atoms with Crippen LogP contribution >= 0.6 is 0 Å². The van der Waals surface area contributed by atoms with Crippen LogP contribution in [0.2, 0.25) is 0 Å². The van der Waals surface area contributed by atoms with Crippen LogP contribution < -0.4 is 5.32 Å². The molecular formula is C16H17N5. The first-order chi connectivity index (χ1) is 10.3. The average molecular weight is 279 g/mol.